The standard InChI is InChI=1S/C25H20F2N4O3.C23H27BF2N2O4.C8H5ClN2O.C2H6/c26-25(27)34-18-5-3-4-16(14-18)28-21-12-13-31(24(21)33)17-10-8-15(9-11-17)22-19-6-1-2-7-20(19)23(32)30-29-22;1-22(2)23(3,4)32-24(31-22)15-8-10-17(11-9-15)28-13-12-19(20(28)29)27-16-6-5-7-18(14-16)30-21(25)26;9-7-5-3-1-2-4-6(5)8(12)11-10-7;1-2/h1-11,14,21,25,28H,12-13H2,(H,30,32);5-11,14,19,21,27H,12-13H2,1-4H3;1-4H,(H,11,12);1-2H3. The van der Waals surface area contributed by atoms with Crippen molar-refractivity contribution in [2.75, 3.05) is 33.5 Å². The van der Waals surface area contributed by atoms with Gasteiger partial charge in [-0.3, -0.25) is 19.2 Å². The lowest BCUT2D eigenvalue weighted by Crippen LogP contribution is -2.41. The van der Waals surface area contributed by atoms with Crippen molar-refractivity contribution in [2.45, 2.75) is 90.9 Å². The van der Waals surface area contributed by atoms with E-state index in [0.717, 1.165) is 27.8 Å². The fourth-order valence-electron chi connectivity index (χ4n) is 9.07. The Morgan fingerprint density at radius 2 is 1.01 bits per heavy atom. The van der Waals surface area contributed by atoms with Crippen LogP contribution in [0.2, 0.25) is 5.15 Å². The second-order valence-electron chi connectivity index (χ2n) is 19.3. The molecule has 6 aromatic carbocycles. The fourth-order valence-corrected chi connectivity index (χ4v) is 9.28. The third-order valence-corrected chi connectivity index (χ3v) is 14.0. The molecule has 3 aliphatic rings. The molecule has 5 heterocycles. The van der Waals surface area contributed by atoms with Gasteiger partial charge in [-0.1, -0.05) is 98.2 Å². The lowest BCUT2D eigenvalue weighted by molar-refractivity contribution is -0.118. The molecule has 416 valence electrons. The quantitative estimate of drug-likeness (QED) is 0.0669. The van der Waals surface area contributed by atoms with Crippen LogP contribution in [0.4, 0.5) is 40.3 Å². The Hall–Kier alpha value is -8.27. The number of fused-ring (bicyclic) bond motifs is 2. The molecule has 8 aromatic rings. The predicted molar refractivity (Wildman–Crippen MR) is 304 cm³/mol. The SMILES string of the molecule is CC.CC1(C)OB(c2ccc(N3CCC(Nc4cccc(OC(F)F)c4)C3=O)cc2)OC1(C)C.O=C1C(Nc2cccc(OC(F)F)c2)CCN1c1ccc(-c2n[nH]c(=O)c3ccccc23)cc1.O=c1[nH]nc(Cl)c2ccccc12. The summed E-state index contributed by atoms with van der Waals surface area (Å²) in [6.07, 6.45) is 1.16. The maximum Gasteiger partial charge on any atom is 0.494 e. The molecule has 0 saturated carbocycles. The van der Waals surface area contributed by atoms with Gasteiger partial charge in [-0.05, 0) is 107 Å². The summed E-state index contributed by atoms with van der Waals surface area (Å²) in [5.74, 6) is -0.110. The summed E-state index contributed by atoms with van der Waals surface area (Å²) in [5.41, 5.74) is 3.67. The summed E-state index contributed by atoms with van der Waals surface area (Å²) in [6.45, 7) is 7.29. The van der Waals surface area contributed by atoms with Gasteiger partial charge in [0.25, 0.3) is 11.1 Å². The van der Waals surface area contributed by atoms with Gasteiger partial charge in [-0.25, -0.2) is 10.2 Å². The van der Waals surface area contributed by atoms with E-state index in [0.29, 0.717) is 64.3 Å². The minimum atomic E-state index is -2.91. The lowest BCUT2D eigenvalue weighted by atomic mass is 9.79. The van der Waals surface area contributed by atoms with Crippen LogP contribution in [0.5, 0.6) is 11.5 Å². The van der Waals surface area contributed by atoms with E-state index < -0.39 is 43.6 Å². The summed E-state index contributed by atoms with van der Waals surface area (Å²) < 4.78 is 70.8. The van der Waals surface area contributed by atoms with Crippen LogP contribution >= 0.6 is 11.6 Å². The minimum Gasteiger partial charge on any atom is -0.435 e. The van der Waals surface area contributed by atoms with E-state index in [9.17, 15) is 36.7 Å². The molecular formula is C58H58BClF4N8O8. The average molecular weight is 1120 g/mol. The van der Waals surface area contributed by atoms with Gasteiger partial charge in [-0.15, -0.1) is 0 Å². The van der Waals surface area contributed by atoms with Crippen LogP contribution in [0.1, 0.15) is 54.4 Å². The number of carbonyl (C=O) groups is 2. The number of benzene rings is 6. The zero-order valence-corrected chi connectivity index (χ0v) is 45.3. The van der Waals surface area contributed by atoms with E-state index in [1.807, 2.05) is 108 Å². The molecule has 3 saturated heterocycles. The Balaban J connectivity index is 0.000000170. The number of H-pyrrole nitrogens is 2. The number of ether oxygens (including phenoxy) is 2. The zero-order chi connectivity index (χ0) is 57.3. The Kier molecular flexibility index (Phi) is 18.3. The van der Waals surface area contributed by atoms with Crippen molar-refractivity contribution < 1.29 is 45.9 Å². The number of aromatic amines is 2. The van der Waals surface area contributed by atoms with Gasteiger partial charge in [0.05, 0.1) is 27.7 Å². The number of nitrogens with one attached hydrogen (secondary N) is 4. The fraction of sp³-hybridized carbons (Fsp3) is 0.276. The first-order valence-electron chi connectivity index (χ1n) is 25.8. The first kappa shape index (κ1) is 57.9. The van der Waals surface area contributed by atoms with Gasteiger partial charge in [-0.2, -0.15) is 27.8 Å². The van der Waals surface area contributed by atoms with Crippen LogP contribution in [-0.4, -0.2) is 88.9 Å². The molecular weight excluding hydrogens is 1060 g/mol. The number of rotatable bonds is 12. The first-order chi connectivity index (χ1) is 38.3. The van der Waals surface area contributed by atoms with Crippen molar-refractivity contribution in [3.8, 4) is 22.8 Å². The van der Waals surface area contributed by atoms with Crippen molar-refractivity contribution >= 4 is 80.3 Å². The molecule has 0 radical (unpaired) electrons. The van der Waals surface area contributed by atoms with E-state index in [1.165, 1.54) is 24.3 Å². The predicted octanol–water partition coefficient (Wildman–Crippen LogP) is 10.8. The topological polar surface area (TPSA) is 193 Å². The van der Waals surface area contributed by atoms with Crippen LogP contribution in [0.3, 0.4) is 0 Å². The maximum absolute atomic E-state index is 13.0. The average Bonchev–Trinajstić information content (AvgIpc) is 4.14. The number of alkyl halides is 4. The van der Waals surface area contributed by atoms with Crippen LogP contribution < -0.4 is 46.5 Å². The maximum atomic E-state index is 13.0. The molecule has 4 N–H and O–H groups in total. The van der Waals surface area contributed by atoms with Crippen molar-refractivity contribution in [3.63, 3.8) is 0 Å². The van der Waals surface area contributed by atoms with Crippen LogP contribution in [-0.2, 0) is 18.9 Å². The number of carbonyl (C=O) groups excluding carboxylic acids is 2. The van der Waals surface area contributed by atoms with Crippen LogP contribution in [0, 0.1) is 0 Å². The highest BCUT2D eigenvalue weighted by molar-refractivity contribution is 6.62. The highest BCUT2D eigenvalue weighted by Gasteiger charge is 2.51. The molecule has 0 spiro atoms. The molecule has 0 aliphatic carbocycles. The van der Waals surface area contributed by atoms with Crippen molar-refractivity contribution in [3.05, 3.63) is 171 Å². The van der Waals surface area contributed by atoms with Crippen LogP contribution in [0.15, 0.2) is 155 Å². The largest absolute Gasteiger partial charge is 0.494 e. The molecule has 2 aromatic heterocycles. The third kappa shape index (κ3) is 13.4. The zero-order valence-electron chi connectivity index (χ0n) is 44.5. The lowest BCUT2D eigenvalue weighted by Gasteiger charge is -2.32. The molecule has 80 heavy (non-hydrogen) atoms. The summed E-state index contributed by atoms with van der Waals surface area (Å²) >= 11 is 5.75. The molecule has 3 fully saturated rings. The second kappa shape index (κ2) is 25.2. The van der Waals surface area contributed by atoms with Crippen molar-refractivity contribution in [1.29, 1.82) is 0 Å². The molecule has 2 amide bonds. The van der Waals surface area contributed by atoms with E-state index in [1.54, 1.807) is 64.4 Å². The minimum absolute atomic E-state index is 0.0290. The highest BCUT2D eigenvalue weighted by Crippen LogP contribution is 2.37. The Labute approximate surface area is 463 Å². The molecule has 11 rings (SSSR count). The number of amides is 2. The van der Waals surface area contributed by atoms with E-state index in [2.05, 4.69) is 40.5 Å². The number of aromatic nitrogens is 4. The van der Waals surface area contributed by atoms with Crippen molar-refractivity contribution in [1.82, 2.24) is 20.4 Å². The monoisotopic (exact) mass is 1120 g/mol. The number of hydrogen-bond donors (Lipinski definition) is 4. The summed E-state index contributed by atoms with van der Waals surface area (Å²) in [4.78, 5) is 52.5. The van der Waals surface area contributed by atoms with Gasteiger partial charge in [0.1, 0.15) is 23.6 Å². The molecule has 22 heteroatoms. The van der Waals surface area contributed by atoms with E-state index >= 15 is 0 Å². The third-order valence-electron chi connectivity index (χ3n) is 13.7. The normalized spacial score (nSPS) is 17.1. The van der Waals surface area contributed by atoms with Gasteiger partial charge in [0.15, 0.2) is 5.15 Å². The molecule has 0 bridgehead atoms. The van der Waals surface area contributed by atoms with Crippen molar-refractivity contribution in [2.24, 2.45) is 0 Å². The van der Waals surface area contributed by atoms with E-state index in [4.69, 9.17) is 20.9 Å². The summed E-state index contributed by atoms with van der Waals surface area (Å²) in [6, 6.07) is 40.8. The molecule has 2 unspecified atom stereocenters. The Morgan fingerprint density at radius 3 is 1.48 bits per heavy atom. The molecule has 16 nitrogen and oxygen atoms in total. The number of hydrogen-bond acceptors (Lipinski definition) is 12. The molecule has 2 atom stereocenters. The summed E-state index contributed by atoms with van der Waals surface area (Å²) in [7, 11) is -0.458. The van der Waals surface area contributed by atoms with Crippen LogP contribution in [0.25, 0.3) is 32.8 Å². The highest BCUT2D eigenvalue weighted by atomic mass is 35.5. The number of halogens is 5. The van der Waals surface area contributed by atoms with Gasteiger partial charge in [0.2, 0.25) is 11.8 Å². The second-order valence-corrected chi connectivity index (χ2v) is 19.7. The first-order valence-corrected chi connectivity index (χ1v) is 26.1. The Morgan fingerprint density at radius 1 is 0.588 bits per heavy atom. The Bertz CT molecular complexity index is 3560. The summed E-state index contributed by atoms with van der Waals surface area (Å²) in [5, 5.41) is 21.8. The smallest absolute Gasteiger partial charge is 0.435 e. The van der Waals surface area contributed by atoms with E-state index in [-0.39, 0.29) is 34.4 Å². The molecule has 3 aliphatic heterocycles. The van der Waals surface area contributed by atoms with Gasteiger partial charge < -0.3 is 39.2 Å². The van der Waals surface area contributed by atoms with Gasteiger partial charge >= 0.3 is 20.3 Å². The number of anilines is 4. The number of nitrogens with zero attached hydrogens (tertiary/aromatic N) is 4. The van der Waals surface area contributed by atoms with Gasteiger partial charge in [0, 0.05) is 64.3 Å².